The monoisotopic (exact) mass is 259 g/mol. The van der Waals surface area contributed by atoms with Gasteiger partial charge in [0.2, 0.25) is 5.91 Å². The minimum atomic E-state index is -1.12. The van der Waals surface area contributed by atoms with E-state index in [0.29, 0.717) is 12.5 Å². The highest BCUT2D eigenvalue weighted by atomic mass is 16.4. The van der Waals surface area contributed by atoms with Crippen molar-refractivity contribution in [3.8, 4) is 0 Å². The Morgan fingerprint density at radius 2 is 1.83 bits per heavy atom. The second kappa shape index (κ2) is 8.32. The molecule has 1 unspecified atom stereocenters. The summed E-state index contributed by atoms with van der Waals surface area (Å²) in [6, 6.07) is -0.347. The van der Waals surface area contributed by atoms with Gasteiger partial charge in [0.15, 0.2) is 0 Å². The van der Waals surface area contributed by atoms with E-state index in [1.165, 1.54) is 4.90 Å². The summed E-state index contributed by atoms with van der Waals surface area (Å²) in [5.41, 5.74) is 0. The highest BCUT2D eigenvalue weighted by Crippen LogP contribution is 2.02. The van der Waals surface area contributed by atoms with Crippen LogP contribution in [-0.2, 0) is 9.59 Å². The number of carboxylic acid groups (broad SMARTS) is 1. The van der Waals surface area contributed by atoms with E-state index in [4.69, 9.17) is 5.11 Å². The van der Waals surface area contributed by atoms with E-state index in [2.05, 4.69) is 10.6 Å². The lowest BCUT2D eigenvalue weighted by atomic mass is 10.1. The average molecular weight is 259 g/mol. The predicted molar refractivity (Wildman–Crippen MR) is 66.1 cm³/mol. The fourth-order valence-electron chi connectivity index (χ4n) is 1.21. The fourth-order valence-corrected chi connectivity index (χ4v) is 1.21. The van der Waals surface area contributed by atoms with E-state index in [-0.39, 0.29) is 12.6 Å². The molecule has 0 saturated carbocycles. The van der Waals surface area contributed by atoms with Crippen LogP contribution in [-0.4, -0.2) is 54.6 Å². The summed E-state index contributed by atoms with van der Waals surface area (Å²) >= 11 is 0. The first-order valence-corrected chi connectivity index (χ1v) is 5.84. The first-order chi connectivity index (χ1) is 8.36. The van der Waals surface area contributed by atoms with Gasteiger partial charge in [0.05, 0.1) is 6.54 Å². The molecular formula is C11H21N3O4. The molecule has 0 aliphatic carbocycles. The van der Waals surface area contributed by atoms with Crippen LogP contribution in [0.4, 0.5) is 4.79 Å². The number of rotatable bonds is 7. The molecule has 0 spiro atoms. The molecule has 1 atom stereocenters. The summed E-state index contributed by atoms with van der Waals surface area (Å²) in [6.07, 6.45) is 0.969. The number of urea groups is 1. The second-order valence-electron chi connectivity index (χ2n) is 4.22. The number of aliphatic carboxylic acids is 1. The maximum Gasteiger partial charge on any atom is 0.322 e. The molecule has 0 radical (unpaired) electrons. The van der Waals surface area contributed by atoms with Crippen molar-refractivity contribution in [2.75, 3.05) is 26.7 Å². The number of hydrogen-bond acceptors (Lipinski definition) is 3. The highest BCUT2D eigenvalue weighted by molar-refractivity contribution is 5.86. The topological polar surface area (TPSA) is 98.7 Å². The molecular weight excluding hydrogens is 238 g/mol. The van der Waals surface area contributed by atoms with E-state index in [9.17, 15) is 14.4 Å². The summed E-state index contributed by atoms with van der Waals surface area (Å²) in [4.78, 5) is 34.4. The van der Waals surface area contributed by atoms with Gasteiger partial charge in [0.1, 0.15) is 6.54 Å². The third-order valence-corrected chi connectivity index (χ3v) is 2.47. The van der Waals surface area contributed by atoms with Crippen LogP contribution in [0.5, 0.6) is 0 Å². The SMILES string of the molecule is CCC(C)CN(C)C(=O)NCC(=O)NCC(=O)O. The molecule has 3 amide bonds. The quantitative estimate of drug-likeness (QED) is 0.593. The zero-order valence-corrected chi connectivity index (χ0v) is 11.0. The number of hydrogen-bond donors (Lipinski definition) is 3. The molecule has 7 nitrogen and oxygen atoms in total. The Morgan fingerprint density at radius 1 is 1.22 bits per heavy atom. The van der Waals surface area contributed by atoms with Crippen molar-refractivity contribution < 1.29 is 19.5 Å². The van der Waals surface area contributed by atoms with Crippen LogP contribution in [0.15, 0.2) is 0 Å². The zero-order chi connectivity index (χ0) is 14.1. The average Bonchev–Trinajstić information content (AvgIpc) is 2.32. The molecule has 0 bridgehead atoms. The van der Waals surface area contributed by atoms with E-state index in [1.54, 1.807) is 7.05 Å². The Balaban J connectivity index is 3.87. The molecule has 0 aromatic heterocycles. The molecule has 0 fully saturated rings. The first-order valence-electron chi connectivity index (χ1n) is 5.84. The summed E-state index contributed by atoms with van der Waals surface area (Å²) in [7, 11) is 1.65. The molecule has 18 heavy (non-hydrogen) atoms. The van der Waals surface area contributed by atoms with Gasteiger partial charge in [-0.3, -0.25) is 9.59 Å². The van der Waals surface area contributed by atoms with Crippen LogP contribution in [0.2, 0.25) is 0 Å². The number of carbonyl (C=O) groups is 3. The smallest absolute Gasteiger partial charge is 0.322 e. The maximum atomic E-state index is 11.6. The number of carboxylic acids is 1. The Kier molecular flexibility index (Phi) is 7.50. The maximum absolute atomic E-state index is 11.6. The molecule has 0 aliphatic rings. The van der Waals surface area contributed by atoms with E-state index in [1.807, 2.05) is 13.8 Å². The minimum Gasteiger partial charge on any atom is -0.480 e. The first kappa shape index (κ1) is 16.2. The van der Waals surface area contributed by atoms with Crippen molar-refractivity contribution in [1.29, 1.82) is 0 Å². The lowest BCUT2D eigenvalue weighted by Gasteiger charge is -2.21. The van der Waals surface area contributed by atoms with Crippen LogP contribution in [0.3, 0.4) is 0 Å². The summed E-state index contributed by atoms with van der Waals surface area (Å²) < 4.78 is 0. The van der Waals surface area contributed by atoms with E-state index >= 15 is 0 Å². The summed E-state index contributed by atoms with van der Waals surface area (Å²) in [5, 5.41) is 12.9. The van der Waals surface area contributed by atoms with Crippen molar-refractivity contribution in [2.45, 2.75) is 20.3 Å². The van der Waals surface area contributed by atoms with Gasteiger partial charge in [0, 0.05) is 13.6 Å². The standard InChI is InChI=1S/C11H21N3O4/c1-4-8(2)7-14(3)11(18)13-5-9(15)12-6-10(16)17/h8H,4-7H2,1-3H3,(H,12,15)(H,13,18)(H,16,17). The fraction of sp³-hybridized carbons (Fsp3) is 0.727. The summed E-state index contributed by atoms with van der Waals surface area (Å²) in [6.45, 7) is 4.01. The lowest BCUT2D eigenvalue weighted by molar-refractivity contribution is -0.137. The third-order valence-electron chi connectivity index (χ3n) is 2.47. The molecule has 0 rings (SSSR count). The number of nitrogens with one attached hydrogen (secondary N) is 2. The second-order valence-corrected chi connectivity index (χ2v) is 4.22. The van der Waals surface area contributed by atoms with Crippen LogP contribution >= 0.6 is 0 Å². The van der Waals surface area contributed by atoms with Crippen LogP contribution in [0, 0.1) is 5.92 Å². The Labute approximate surface area is 107 Å². The number of nitrogens with zero attached hydrogens (tertiary/aromatic N) is 1. The molecule has 104 valence electrons. The van der Waals surface area contributed by atoms with Crippen molar-refractivity contribution >= 4 is 17.9 Å². The predicted octanol–water partition coefficient (Wildman–Crippen LogP) is -0.125. The van der Waals surface area contributed by atoms with Gasteiger partial charge in [-0.1, -0.05) is 20.3 Å². The number of carbonyl (C=O) groups excluding carboxylic acids is 2. The lowest BCUT2D eigenvalue weighted by Crippen LogP contribution is -2.44. The highest BCUT2D eigenvalue weighted by Gasteiger charge is 2.12. The molecule has 0 aromatic rings. The minimum absolute atomic E-state index is 0.225. The van der Waals surface area contributed by atoms with E-state index in [0.717, 1.165) is 6.42 Å². The molecule has 0 heterocycles. The molecule has 3 N–H and O–H groups in total. The zero-order valence-electron chi connectivity index (χ0n) is 11.0. The van der Waals surface area contributed by atoms with Crippen LogP contribution in [0.1, 0.15) is 20.3 Å². The van der Waals surface area contributed by atoms with Crippen LogP contribution < -0.4 is 10.6 Å². The third kappa shape index (κ3) is 7.48. The molecule has 0 aromatic carbocycles. The Morgan fingerprint density at radius 3 is 2.33 bits per heavy atom. The van der Waals surface area contributed by atoms with Gasteiger partial charge in [0.25, 0.3) is 0 Å². The summed E-state index contributed by atoms with van der Waals surface area (Å²) in [5.74, 6) is -1.26. The van der Waals surface area contributed by atoms with Crippen molar-refractivity contribution in [1.82, 2.24) is 15.5 Å². The van der Waals surface area contributed by atoms with Gasteiger partial charge < -0.3 is 20.6 Å². The van der Waals surface area contributed by atoms with Crippen molar-refractivity contribution in [2.24, 2.45) is 5.92 Å². The van der Waals surface area contributed by atoms with Gasteiger partial charge in [-0.15, -0.1) is 0 Å². The van der Waals surface area contributed by atoms with E-state index < -0.39 is 18.4 Å². The van der Waals surface area contributed by atoms with Gasteiger partial charge in [-0.05, 0) is 5.92 Å². The molecule has 0 saturated heterocycles. The van der Waals surface area contributed by atoms with Crippen molar-refractivity contribution in [3.63, 3.8) is 0 Å². The Bertz CT molecular complexity index is 307. The van der Waals surface area contributed by atoms with Gasteiger partial charge >= 0.3 is 12.0 Å². The normalized spacial score (nSPS) is 11.5. The van der Waals surface area contributed by atoms with Crippen molar-refractivity contribution in [3.05, 3.63) is 0 Å². The van der Waals surface area contributed by atoms with Gasteiger partial charge in [-0.25, -0.2) is 4.79 Å². The number of amides is 3. The molecule has 0 aliphatic heterocycles. The Hall–Kier alpha value is -1.79. The molecule has 7 heteroatoms. The van der Waals surface area contributed by atoms with Crippen LogP contribution in [0.25, 0.3) is 0 Å². The van der Waals surface area contributed by atoms with Gasteiger partial charge in [-0.2, -0.15) is 0 Å². The largest absolute Gasteiger partial charge is 0.480 e.